The average Bonchev–Trinajstić information content (AvgIpc) is 2.60. The monoisotopic (exact) mass is 375 g/mol. The lowest BCUT2D eigenvalue weighted by molar-refractivity contribution is -0.137. The molecule has 2 N–H and O–H groups in total. The van der Waals surface area contributed by atoms with Crippen molar-refractivity contribution in [3.05, 3.63) is 65.2 Å². The van der Waals surface area contributed by atoms with Gasteiger partial charge < -0.3 is 15.1 Å². The van der Waals surface area contributed by atoms with Gasteiger partial charge in [0.15, 0.2) is 0 Å². The zero-order valence-corrected chi connectivity index (χ0v) is 14.5. The first-order valence-corrected chi connectivity index (χ1v) is 7.92. The standard InChI is InChI=1S/C19H16F3N3O2/c1-25(2)14-6-4-13(5-7-14)24-18-15(17(23)26)10-11-9-12(19(20,21)22)3-8-16(11)27-18/h3-10H,1-2H3,(H2,23,26). The number of benzene rings is 2. The molecule has 1 aromatic heterocycles. The van der Waals surface area contributed by atoms with Gasteiger partial charge in [0.1, 0.15) is 11.1 Å². The van der Waals surface area contributed by atoms with Gasteiger partial charge in [-0.25, -0.2) is 4.99 Å². The van der Waals surface area contributed by atoms with E-state index in [1.165, 1.54) is 12.1 Å². The molecule has 0 aliphatic heterocycles. The van der Waals surface area contributed by atoms with Crippen LogP contribution in [0.25, 0.3) is 11.0 Å². The number of hydrogen-bond acceptors (Lipinski definition) is 4. The minimum Gasteiger partial charge on any atom is -0.438 e. The third-order valence-electron chi connectivity index (χ3n) is 3.94. The van der Waals surface area contributed by atoms with Gasteiger partial charge in [0, 0.05) is 25.2 Å². The third-order valence-corrected chi connectivity index (χ3v) is 3.94. The molecule has 1 heterocycles. The van der Waals surface area contributed by atoms with E-state index in [1.807, 2.05) is 31.1 Å². The zero-order chi connectivity index (χ0) is 19.8. The highest BCUT2D eigenvalue weighted by Crippen LogP contribution is 2.31. The quantitative estimate of drug-likeness (QED) is 0.756. The number of nitrogens with two attached hydrogens (primary N) is 1. The van der Waals surface area contributed by atoms with Gasteiger partial charge in [-0.05, 0) is 48.5 Å². The molecule has 0 unspecified atom stereocenters. The fourth-order valence-corrected chi connectivity index (χ4v) is 2.51. The van der Waals surface area contributed by atoms with Crippen LogP contribution in [0, 0.1) is 0 Å². The summed E-state index contributed by atoms with van der Waals surface area (Å²) < 4.78 is 44.2. The van der Waals surface area contributed by atoms with Crippen LogP contribution in [0.1, 0.15) is 15.9 Å². The smallest absolute Gasteiger partial charge is 0.416 e. The SMILES string of the molecule is CN(C)c1ccc(N=c2oc3ccc(C(F)(F)F)cc3cc2C(N)=O)cc1. The first-order valence-electron chi connectivity index (χ1n) is 7.92. The molecule has 0 bridgehead atoms. The van der Waals surface area contributed by atoms with Gasteiger partial charge in [-0.3, -0.25) is 4.79 Å². The van der Waals surface area contributed by atoms with Gasteiger partial charge in [0.2, 0.25) is 5.55 Å². The molecule has 1 amide bonds. The second kappa shape index (κ2) is 6.79. The van der Waals surface area contributed by atoms with Gasteiger partial charge in [0.25, 0.3) is 5.91 Å². The lowest BCUT2D eigenvalue weighted by Crippen LogP contribution is -2.21. The number of anilines is 1. The molecule has 140 valence electrons. The van der Waals surface area contributed by atoms with E-state index in [9.17, 15) is 18.0 Å². The van der Waals surface area contributed by atoms with Crippen molar-refractivity contribution in [2.45, 2.75) is 6.18 Å². The predicted molar refractivity (Wildman–Crippen MR) is 95.7 cm³/mol. The number of halogens is 3. The van der Waals surface area contributed by atoms with Gasteiger partial charge >= 0.3 is 6.18 Å². The fraction of sp³-hybridized carbons (Fsp3) is 0.158. The molecular formula is C19H16F3N3O2. The molecule has 0 spiro atoms. The zero-order valence-electron chi connectivity index (χ0n) is 14.5. The molecule has 8 heteroatoms. The van der Waals surface area contributed by atoms with Crippen molar-refractivity contribution in [1.82, 2.24) is 0 Å². The Balaban J connectivity index is 2.16. The third kappa shape index (κ3) is 3.94. The summed E-state index contributed by atoms with van der Waals surface area (Å²) >= 11 is 0. The summed E-state index contributed by atoms with van der Waals surface area (Å²) in [4.78, 5) is 17.9. The van der Waals surface area contributed by atoms with Crippen molar-refractivity contribution in [3.63, 3.8) is 0 Å². The number of hydrogen-bond donors (Lipinski definition) is 1. The van der Waals surface area contributed by atoms with Crippen molar-refractivity contribution in [3.8, 4) is 0 Å². The summed E-state index contributed by atoms with van der Waals surface area (Å²) in [5, 5.41) is 0.112. The fourth-order valence-electron chi connectivity index (χ4n) is 2.51. The summed E-state index contributed by atoms with van der Waals surface area (Å²) in [5.41, 5.74) is 5.99. The highest BCUT2D eigenvalue weighted by atomic mass is 19.4. The van der Waals surface area contributed by atoms with Crippen LogP contribution in [0.15, 0.2) is 57.9 Å². The molecule has 0 saturated carbocycles. The van der Waals surface area contributed by atoms with Crippen LogP contribution < -0.4 is 16.2 Å². The van der Waals surface area contributed by atoms with E-state index in [0.29, 0.717) is 5.69 Å². The Morgan fingerprint density at radius 2 is 1.74 bits per heavy atom. The molecule has 27 heavy (non-hydrogen) atoms. The topological polar surface area (TPSA) is 71.8 Å². The van der Waals surface area contributed by atoms with Crippen LogP contribution in [0.3, 0.4) is 0 Å². The Morgan fingerprint density at radius 1 is 1.07 bits per heavy atom. The maximum absolute atomic E-state index is 12.9. The van der Waals surface area contributed by atoms with Crippen molar-refractivity contribution >= 4 is 28.3 Å². The van der Waals surface area contributed by atoms with E-state index < -0.39 is 17.6 Å². The molecular weight excluding hydrogens is 359 g/mol. The predicted octanol–water partition coefficient (Wildman–Crippen LogP) is 3.85. The maximum Gasteiger partial charge on any atom is 0.416 e. The molecule has 5 nitrogen and oxygen atoms in total. The van der Waals surface area contributed by atoms with Gasteiger partial charge in [-0.1, -0.05) is 0 Å². The lowest BCUT2D eigenvalue weighted by atomic mass is 10.1. The summed E-state index contributed by atoms with van der Waals surface area (Å²) in [5.74, 6) is -0.846. The average molecular weight is 375 g/mol. The molecule has 0 aliphatic carbocycles. The molecule has 3 aromatic rings. The Labute approximate surface area is 152 Å². The molecule has 0 atom stereocenters. The van der Waals surface area contributed by atoms with Crippen molar-refractivity contribution in [1.29, 1.82) is 0 Å². The van der Waals surface area contributed by atoms with E-state index in [1.54, 1.807) is 12.1 Å². The minimum atomic E-state index is -4.50. The van der Waals surface area contributed by atoms with Crippen LogP contribution in [0.4, 0.5) is 24.5 Å². The number of carbonyl (C=O) groups excluding carboxylic acids is 1. The van der Waals surface area contributed by atoms with Crippen molar-refractivity contribution in [2.24, 2.45) is 10.7 Å². The number of nitrogens with zero attached hydrogens (tertiary/aromatic N) is 2. The second-order valence-corrected chi connectivity index (χ2v) is 6.10. The van der Waals surface area contributed by atoms with Crippen LogP contribution in [0.5, 0.6) is 0 Å². The maximum atomic E-state index is 12.9. The number of fused-ring (bicyclic) bond motifs is 1. The van der Waals surface area contributed by atoms with E-state index in [2.05, 4.69) is 4.99 Å². The largest absolute Gasteiger partial charge is 0.438 e. The van der Waals surface area contributed by atoms with Crippen molar-refractivity contribution < 1.29 is 22.4 Å². The second-order valence-electron chi connectivity index (χ2n) is 6.10. The van der Waals surface area contributed by atoms with Crippen molar-refractivity contribution in [2.75, 3.05) is 19.0 Å². The number of carbonyl (C=O) groups is 1. The first kappa shape index (κ1) is 18.5. The van der Waals surface area contributed by atoms with E-state index >= 15 is 0 Å². The summed E-state index contributed by atoms with van der Waals surface area (Å²) in [6, 6.07) is 11.4. The van der Waals surface area contributed by atoms with Crippen LogP contribution in [-0.2, 0) is 6.18 Å². The summed E-state index contributed by atoms with van der Waals surface area (Å²) in [6.45, 7) is 0. The number of amides is 1. The normalized spacial score (nSPS) is 12.4. The Kier molecular flexibility index (Phi) is 4.65. The number of alkyl halides is 3. The van der Waals surface area contributed by atoms with Gasteiger partial charge in [-0.2, -0.15) is 13.2 Å². The first-order chi connectivity index (χ1) is 12.6. The Morgan fingerprint density at radius 3 is 2.30 bits per heavy atom. The van der Waals surface area contributed by atoms with Crippen LogP contribution in [0.2, 0.25) is 0 Å². The van der Waals surface area contributed by atoms with E-state index in [4.69, 9.17) is 10.2 Å². The van der Waals surface area contributed by atoms with Gasteiger partial charge in [-0.15, -0.1) is 0 Å². The van der Waals surface area contributed by atoms with E-state index in [0.717, 1.165) is 17.8 Å². The van der Waals surface area contributed by atoms with Gasteiger partial charge in [0.05, 0.1) is 11.3 Å². The molecule has 0 radical (unpaired) electrons. The number of primary amides is 1. The Hall–Kier alpha value is -3.29. The summed E-state index contributed by atoms with van der Waals surface area (Å²) in [7, 11) is 3.79. The van der Waals surface area contributed by atoms with Crippen LogP contribution >= 0.6 is 0 Å². The Bertz CT molecular complexity index is 1070. The lowest BCUT2D eigenvalue weighted by Gasteiger charge is -2.11. The molecule has 0 aliphatic rings. The molecule has 0 fully saturated rings. The minimum absolute atomic E-state index is 0.0626. The molecule has 3 rings (SSSR count). The number of rotatable bonds is 3. The highest BCUT2D eigenvalue weighted by molar-refractivity contribution is 5.95. The molecule has 0 saturated heterocycles. The molecule has 2 aromatic carbocycles. The highest BCUT2D eigenvalue weighted by Gasteiger charge is 2.30. The summed E-state index contributed by atoms with van der Waals surface area (Å²) in [6.07, 6.45) is -4.50. The van der Waals surface area contributed by atoms with Crippen LogP contribution in [-0.4, -0.2) is 20.0 Å². The van der Waals surface area contributed by atoms with E-state index in [-0.39, 0.29) is 22.1 Å².